The van der Waals surface area contributed by atoms with Gasteiger partial charge in [-0.2, -0.15) is 0 Å². The van der Waals surface area contributed by atoms with Gasteiger partial charge in [-0.15, -0.1) is 0 Å². The van der Waals surface area contributed by atoms with Crippen LogP contribution >= 0.6 is 0 Å². The van der Waals surface area contributed by atoms with Crippen molar-refractivity contribution in [2.75, 3.05) is 17.2 Å². The van der Waals surface area contributed by atoms with Crippen LogP contribution in [0, 0.1) is 10.1 Å². The van der Waals surface area contributed by atoms with E-state index in [9.17, 15) is 10.1 Å². The van der Waals surface area contributed by atoms with Crippen molar-refractivity contribution in [2.45, 2.75) is 19.9 Å². The Morgan fingerprint density at radius 1 is 1.35 bits per heavy atom. The molecular weight excluding hydrogens is 258 g/mol. The van der Waals surface area contributed by atoms with E-state index < -0.39 is 4.92 Å². The van der Waals surface area contributed by atoms with E-state index in [1.54, 1.807) is 6.26 Å². The fraction of sp³-hybridized carbons (Fsp3) is 0.286. The summed E-state index contributed by atoms with van der Waals surface area (Å²) in [6.07, 6.45) is 1.60. The smallest absolute Gasteiger partial charge is 0.273 e. The molecule has 0 amide bonds. The van der Waals surface area contributed by atoms with E-state index in [1.165, 1.54) is 12.1 Å². The Morgan fingerprint density at radius 2 is 2.10 bits per heavy atom. The van der Waals surface area contributed by atoms with Crippen LogP contribution in [0.4, 0.5) is 17.1 Å². The second kappa shape index (κ2) is 6.10. The summed E-state index contributed by atoms with van der Waals surface area (Å²) in [7, 11) is 0. The summed E-state index contributed by atoms with van der Waals surface area (Å²) in [5.74, 6) is 0.779. The Hall–Kier alpha value is -2.50. The highest BCUT2D eigenvalue weighted by Gasteiger charge is 2.13. The van der Waals surface area contributed by atoms with Gasteiger partial charge < -0.3 is 15.1 Å². The summed E-state index contributed by atoms with van der Waals surface area (Å²) in [4.78, 5) is 10.6. The molecule has 0 saturated heterocycles. The number of furan rings is 1. The molecular formula is C14H17N3O3. The predicted molar refractivity (Wildman–Crippen MR) is 78.0 cm³/mol. The number of non-ortho nitro benzene ring substituents is 1. The van der Waals surface area contributed by atoms with Crippen LogP contribution in [0.1, 0.15) is 25.6 Å². The number of nitro benzene ring substituents is 1. The predicted octanol–water partition coefficient (Wildman–Crippen LogP) is 3.79. The van der Waals surface area contributed by atoms with E-state index in [4.69, 9.17) is 4.42 Å². The van der Waals surface area contributed by atoms with E-state index >= 15 is 0 Å². The van der Waals surface area contributed by atoms with Crippen molar-refractivity contribution in [3.63, 3.8) is 0 Å². The molecule has 2 aromatic rings. The zero-order valence-corrected chi connectivity index (χ0v) is 11.4. The maximum Gasteiger partial charge on any atom is 0.273 e. The first-order valence-electron chi connectivity index (χ1n) is 6.43. The second-order valence-corrected chi connectivity index (χ2v) is 4.44. The lowest BCUT2D eigenvalue weighted by Gasteiger charge is -2.14. The minimum absolute atomic E-state index is 0.0533. The highest BCUT2D eigenvalue weighted by atomic mass is 16.6. The Morgan fingerprint density at radius 3 is 2.70 bits per heavy atom. The molecule has 106 valence electrons. The van der Waals surface area contributed by atoms with Crippen LogP contribution in [-0.4, -0.2) is 11.5 Å². The molecule has 1 unspecified atom stereocenters. The van der Waals surface area contributed by atoms with E-state index in [-0.39, 0.29) is 11.7 Å². The van der Waals surface area contributed by atoms with Crippen LogP contribution in [0.25, 0.3) is 0 Å². The van der Waals surface area contributed by atoms with Crippen molar-refractivity contribution in [2.24, 2.45) is 0 Å². The standard InChI is InChI=1S/C14H17N3O3/c1-3-15-11-7-12(9-13(8-11)17(18)19)16-10(2)14-5-4-6-20-14/h4-10,15-16H,3H2,1-2H3. The van der Waals surface area contributed by atoms with Crippen LogP contribution in [0.3, 0.4) is 0 Å². The van der Waals surface area contributed by atoms with E-state index in [2.05, 4.69) is 10.6 Å². The van der Waals surface area contributed by atoms with Gasteiger partial charge in [0, 0.05) is 30.1 Å². The average molecular weight is 275 g/mol. The topological polar surface area (TPSA) is 80.3 Å². The first-order chi connectivity index (χ1) is 9.60. The number of hydrogen-bond donors (Lipinski definition) is 2. The number of nitrogens with zero attached hydrogens (tertiary/aromatic N) is 1. The monoisotopic (exact) mass is 275 g/mol. The van der Waals surface area contributed by atoms with Gasteiger partial charge in [-0.3, -0.25) is 10.1 Å². The first kappa shape index (κ1) is 13.9. The lowest BCUT2D eigenvalue weighted by atomic mass is 10.2. The largest absolute Gasteiger partial charge is 0.467 e. The number of hydrogen-bond acceptors (Lipinski definition) is 5. The molecule has 0 aliphatic heterocycles. The van der Waals surface area contributed by atoms with Crippen molar-refractivity contribution < 1.29 is 9.34 Å². The van der Waals surface area contributed by atoms with Crippen molar-refractivity contribution in [3.8, 4) is 0 Å². The van der Waals surface area contributed by atoms with Crippen LogP contribution < -0.4 is 10.6 Å². The third kappa shape index (κ3) is 3.28. The summed E-state index contributed by atoms with van der Waals surface area (Å²) < 4.78 is 5.31. The lowest BCUT2D eigenvalue weighted by Crippen LogP contribution is -2.07. The zero-order valence-electron chi connectivity index (χ0n) is 11.4. The molecule has 0 bridgehead atoms. The minimum atomic E-state index is -0.399. The van der Waals surface area contributed by atoms with Gasteiger partial charge >= 0.3 is 0 Å². The normalized spacial score (nSPS) is 11.9. The molecule has 2 N–H and O–H groups in total. The van der Waals surface area contributed by atoms with Gasteiger partial charge in [-0.05, 0) is 32.0 Å². The highest BCUT2D eigenvalue weighted by Crippen LogP contribution is 2.27. The molecule has 6 heteroatoms. The molecule has 0 aliphatic carbocycles. The Bertz CT molecular complexity index is 581. The van der Waals surface area contributed by atoms with Gasteiger partial charge in [0.05, 0.1) is 17.2 Å². The fourth-order valence-electron chi connectivity index (χ4n) is 1.96. The lowest BCUT2D eigenvalue weighted by molar-refractivity contribution is -0.384. The van der Waals surface area contributed by atoms with Crippen molar-refractivity contribution >= 4 is 17.1 Å². The molecule has 0 spiro atoms. The maximum absolute atomic E-state index is 11.0. The molecule has 0 aliphatic rings. The van der Waals surface area contributed by atoms with Crippen LogP contribution in [0.15, 0.2) is 41.0 Å². The van der Waals surface area contributed by atoms with Gasteiger partial charge in [0.15, 0.2) is 0 Å². The average Bonchev–Trinajstić information content (AvgIpc) is 2.92. The Kier molecular flexibility index (Phi) is 4.24. The minimum Gasteiger partial charge on any atom is -0.467 e. The highest BCUT2D eigenvalue weighted by molar-refractivity contribution is 5.63. The Labute approximate surface area is 116 Å². The molecule has 1 heterocycles. The van der Waals surface area contributed by atoms with Crippen LogP contribution in [0.5, 0.6) is 0 Å². The molecule has 1 aromatic heterocycles. The SMILES string of the molecule is CCNc1cc(NC(C)c2ccco2)cc([N+](=O)[O-])c1. The van der Waals surface area contributed by atoms with Crippen LogP contribution in [0.2, 0.25) is 0 Å². The van der Waals surface area contributed by atoms with Crippen molar-refractivity contribution in [3.05, 3.63) is 52.5 Å². The fourth-order valence-corrected chi connectivity index (χ4v) is 1.96. The first-order valence-corrected chi connectivity index (χ1v) is 6.43. The van der Waals surface area contributed by atoms with Gasteiger partial charge in [0.2, 0.25) is 0 Å². The van der Waals surface area contributed by atoms with Gasteiger partial charge in [0.25, 0.3) is 5.69 Å². The molecule has 0 saturated carbocycles. The molecule has 1 atom stereocenters. The van der Waals surface area contributed by atoms with Crippen LogP contribution in [-0.2, 0) is 0 Å². The second-order valence-electron chi connectivity index (χ2n) is 4.44. The zero-order chi connectivity index (χ0) is 14.5. The maximum atomic E-state index is 11.0. The van der Waals surface area contributed by atoms with Gasteiger partial charge in [-0.25, -0.2) is 0 Å². The number of rotatable bonds is 6. The summed E-state index contributed by atoms with van der Waals surface area (Å²) in [5.41, 5.74) is 1.45. The van der Waals surface area contributed by atoms with Gasteiger partial charge in [-0.1, -0.05) is 0 Å². The molecule has 2 rings (SSSR count). The van der Waals surface area contributed by atoms with Crippen molar-refractivity contribution in [1.82, 2.24) is 0 Å². The third-order valence-corrected chi connectivity index (χ3v) is 2.86. The summed E-state index contributed by atoms with van der Waals surface area (Å²) >= 11 is 0. The number of nitrogens with one attached hydrogen (secondary N) is 2. The molecule has 6 nitrogen and oxygen atoms in total. The number of anilines is 2. The molecule has 0 radical (unpaired) electrons. The molecule has 20 heavy (non-hydrogen) atoms. The van der Waals surface area contributed by atoms with Crippen molar-refractivity contribution in [1.29, 1.82) is 0 Å². The van der Waals surface area contributed by atoms with E-state index in [1.807, 2.05) is 32.0 Å². The molecule has 0 fully saturated rings. The number of benzene rings is 1. The quantitative estimate of drug-likeness (QED) is 0.619. The molecule has 1 aromatic carbocycles. The number of nitro groups is 1. The Balaban J connectivity index is 2.23. The third-order valence-electron chi connectivity index (χ3n) is 2.86. The van der Waals surface area contributed by atoms with E-state index in [0.29, 0.717) is 12.2 Å². The summed E-state index contributed by atoms with van der Waals surface area (Å²) in [6.45, 7) is 4.58. The van der Waals surface area contributed by atoms with E-state index in [0.717, 1.165) is 11.4 Å². The summed E-state index contributed by atoms with van der Waals surface area (Å²) in [6, 6.07) is 8.48. The van der Waals surface area contributed by atoms with Gasteiger partial charge in [0.1, 0.15) is 5.76 Å². The summed E-state index contributed by atoms with van der Waals surface area (Å²) in [5, 5.41) is 17.2.